The molecular formula is C15H28N2O2. The summed E-state index contributed by atoms with van der Waals surface area (Å²) in [6.45, 7) is 12.5. The van der Waals surface area contributed by atoms with E-state index in [0.717, 1.165) is 44.4 Å². The van der Waals surface area contributed by atoms with Crippen molar-refractivity contribution in [2.75, 3.05) is 26.8 Å². The van der Waals surface area contributed by atoms with Crippen LogP contribution in [0.3, 0.4) is 0 Å². The van der Waals surface area contributed by atoms with Crippen molar-refractivity contribution in [2.45, 2.75) is 46.8 Å². The highest BCUT2D eigenvalue weighted by Gasteiger charge is 2.10. The Bertz CT molecular complexity index is 361. The number of hydrogen-bond acceptors (Lipinski definition) is 4. The number of likely N-dealkylation sites (N-methyl/N-ethyl adjacent to an activating group) is 1. The van der Waals surface area contributed by atoms with Crippen LogP contribution < -0.4 is 5.32 Å². The molecule has 1 heterocycles. The molecule has 0 saturated heterocycles. The Balaban J connectivity index is 2.44. The molecule has 1 aromatic heterocycles. The number of rotatable bonds is 9. The molecule has 1 aromatic rings. The van der Waals surface area contributed by atoms with Crippen molar-refractivity contribution < 1.29 is 9.15 Å². The summed E-state index contributed by atoms with van der Waals surface area (Å²) in [5, 5.41) is 3.37. The lowest BCUT2D eigenvalue weighted by Gasteiger charge is -2.15. The summed E-state index contributed by atoms with van der Waals surface area (Å²) >= 11 is 0. The van der Waals surface area contributed by atoms with Gasteiger partial charge in [-0.25, -0.2) is 0 Å². The third-order valence-corrected chi connectivity index (χ3v) is 3.02. The number of hydrogen-bond donors (Lipinski definition) is 1. The zero-order valence-corrected chi connectivity index (χ0v) is 13.0. The minimum atomic E-state index is 0.475. The molecule has 0 saturated carbocycles. The molecule has 0 aliphatic carbocycles. The minimum absolute atomic E-state index is 0.475. The van der Waals surface area contributed by atoms with Gasteiger partial charge in [-0.3, -0.25) is 4.90 Å². The molecule has 0 bridgehead atoms. The van der Waals surface area contributed by atoms with Gasteiger partial charge in [-0.2, -0.15) is 0 Å². The predicted molar refractivity (Wildman–Crippen MR) is 78.2 cm³/mol. The van der Waals surface area contributed by atoms with Crippen LogP contribution in [-0.2, 0) is 17.8 Å². The highest BCUT2D eigenvalue weighted by molar-refractivity contribution is 5.20. The molecule has 0 aromatic carbocycles. The molecule has 0 amide bonds. The molecule has 0 atom stereocenters. The monoisotopic (exact) mass is 268 g/mol. The maximum Gasteiger partial charge on any atom is 0.118 e. The first-order valence-corrected chi connectivity index (χ1v) is 7.10. The second kappa shape index (κ2) is 8.35. The summed E-state index contributed by atoms with van der Waals surface area (Å²) in [5.41, 5.74) is 1.26. The summed E-state index contributed by atoms with van der Waals surface area (Å²) in [7, 11) is 2.11. The van der Waals surface area contributed by atoms with Crippen LogP contribution in [0.4, 0.5) is 0 Å². The van der Waals surface area contributed by atoms with Gasteiger partial charge in [0.1, 0.15) is 11.5 Å². The number of nitrogens with one attached hydrogen (secondary N) is 1. The lowest BCUT2D eigenvalue weighted by molar-refractivity contribution is 0.120. The fourth-order valence-electron chi connectivity index (χ4n) is 1.87. The first kappa shape index (κ1) is 16.2. The average Bonchev–Trinajstić information content (AvgIpc) is 2.68. The van der Waals surface area contributed by atoms with E-state index in [9.17, 15) is 0 Å². The Hall–Kier alpha value is -0.840. The van der Waals surface area contributed by atoms with Crippen molar-refractivity contribution in [3.05, 3.63) is 23.2 Å². The molecule has 0 radical (unpaired) electrons. The molecule has 110 valence electrons. The van der Waals surface area contributed by atoms with E-state index in [-0.39, 0.29) is 0 Å². The second-order valence-corrected chi connectivity index (χ2v) is 5.26. The number of nitrogens with zero attached hydrogens (tertiary/aromatic N) is 1. The highest BCUT2D eigenvalue weighted by atomic mass is 16.5. The fraction of sp³-hybridized carbons (Fsp3) is 0.733. The molecule has 0 unspecified atom stereocenters. The van der Waals surface area contributed by atoms with Crippen LogP contribution in [0.25, 0.3) is 0 Å². The normalized spacial score (nSPS) is 11.7. The van der Waals surface area contributed by atoms with Gasteiger partial charge in [0.25, 0.3) is 0 Å². The van der Waals surface area contributed by atoms with Gasteiger partial charge < -0.3 is 14.5 Å². The Morgan fingerprint density at radius 2 is 2.16 bits per heavy atom. The van der Waals surface area contributed by atoms with Gasteiger partial charge in [-0.15, -0.1) is 0 Å². The highest BCUT2D eigenvalue weighted by Crippen LogP contribution is 2.16. The molecule has 0 aliphatic heterocycles. The first-order valence-electron chi connectivity index (χ1n) is 7.10. The van der Waals surface area contributed by atoms with Crippen LogP contribution >= 0.6 is 0 Å². The number of aryl methyl sites for hydroxylation is 1. The topological polar surface area (TPSA) is 37.6 Å². The first-order chi connectivity index (χ1) is 9.02. The quantitative estimate of drug-likeness (QED) is 0.699. The third kappa shape index (κ3) is 6.23. The van der Waals surface area contributed by atoms with Crippen molar-refractivity contribution in [3.8, 4) is 0 Å². The zero-order chi connectivity index (χ0) is 14.3. The van der Waals surface area contributed by atoms with Gasteiger partial charge in [0.15, 0.2) is 0 Å². The standard InChI is InChI=1S/C15H28N2O2/c1-6-18-8-7-17(5)11-14-9-15(19-13(14)4)10-16-12(2)3/h9,12,16H,6-8,10-11H2,1-5H3. The molecule has 4 nitrogen and oxygen atoms in total. The van der Waals surface area contributed by atoms with Crippen LogP contribution in [0.2, 0.25) is 0 Å². The molecular weight excluding hydrogens is 240 g/mol. The summed E-state index contributed by atoms with van der Waals surface area (Å²) in [4.78, 5) is 2.26. The molecule has 1 rings (SSSR count). The molecule has 0 aliphatic rings. The maximum absolute atomic E-state index is 5.77. The van der Waals surface area contributed by atoms with E-state index in [0.29, 0.717) is 6.04 Å². The van der Waals surface area contributed by atoms with Crippen LogP contribution in [0.1, 0.15) is 37.9 Å². The maximum atomic E-state index is 5.77. The van der Waals surface area contributed by atoms with Crippen molar-refractivity contribution >= 4 is 0 Å². The summed E-state index contributed by atoms with van der Waals surface area (Å²) < 4.78 is 11.1. The van der Waals surface area contributed by atoms with Gasteiger partial charge in [0.2, 0.25) is 0 Å². The second-order valence-electron chi connectivity index (χ2n) is 5.26. The van der Waals surface area contributed by atoms with Crippen LogP contribution in [0.15, 0.2) is 10.5 Å². The number of furan rings is 1. The Morgan fingerprint density at radius 1 is 1.42 bits per heavy atom. The lowest BCUT2D eigenvalue weighted by Crippen LogP contribution is -2.23. The summed E-state index contributed by atoms with van der Waals surface area (Å²) in [6, 6.07) is 2.63. The van der Waals surface area contributed by atoms with Gasteiger partial charge in [-0.1, -0.05) is 13.8 Å². The smallest absolute Gasteiger partial charge is 0.118 e. The average molecular weight is 268 g/mol. The van der Waals surface area contributed by atoms with Gasteiger partial charge in [0.05, 0.1) is 13.2 Å². The summed E-state index contributed by atoms with van der Waals surface area (Å²) in [6.07, 6.45) is 0. The van der Waals surface area contributed by atoms with E-state index >= 15 is 0 Å². The van der Waals surface area contributed by atoms with Gasteiger partial charge >= 0.3 is 0 Å². The van der Waals surface area contributed by atoms with E-state index in [1.165, 1.54) is 5.56 Å². The van der Waals surface area contributed by atoms with Crippen LogP contribution in [-0.4, -0.2) is 37.7 Å². The van der Waals surface area contributed by atoms with Crippen LogP contribution in [0, 0.1) is 6.92 Å². The molecule has 1 N–H and O–H groups in total. The van der Waals surface area contributed by atoms with E-state index in [1.54, 1.807) is 0 Å². The lowest BCUT2D eigenvalue weighted by atomic mass is 10.2. The molecule has 0 fully saturated rings. The van der Waals surface area contributed by atoms with E-state index in [4.69, 9.17) is 9.15 Å². The van der Waals surface area contributed by atoms with Crippen molar-refractivity contribution in [1.82, 2.24) is 10.2 Å². The molecule has 0 spiro atoms. The minimum Gasteiger partial charge on any atom is -0.465 e. The van der Waals surface area contributed by atoms with Crippen molar-refractivity contribution in [2.24, 2.45) is 0 Å². The summed E-state index contributed by atoms with van der Waals surface area (Å²) in [5.74, 6) is 2.03. The largest absolute Gasteiger partial charge is 0.465 e. The van der Waals surface area contributed by atoms with Crippen molar-refractivity contribution in [3.63, 3.8) is 0 Å². The SMILES string of the molecule is CCOCCN(C)Cc1cc(CNC(C)C)oc1C. The predicted octanol–water partition coefficient (Wildman–Crippen LogP) is 2.55. The fourth-order valence-corrected chi connectivity index (χ4v) is 1.87. The Kier molecular flexibility index (Phi) is 7.13. The zero-order valence-electron chi connectivity index (χ0n) is 13.0. The molecule has 19 heavy (non-hydrogen) atoms. The van der Waals surface area contributed by atoms with Gasteiger partial charge in [-0.05, 0) is 27.0 Å². The third-order valence-electron chi connectivity index (χ3n) is 3.02. The van der Waals surface area contributed by atoms with E-state index in [2.05, 4.69) is 37.2 Å². The molecule has 4 heteroatoms. The van der Waals surface area contributed by atoms with Crippen molar-refractivity contribution in [1.29, 1.82) is 0 Å². The van der Waals surface area contributed by atoms with E-state index in [1.807, 2.05) is 13.8 Å². The Morgan fingerprint density at radius 3 is 2.79 bits per heavy atom. The van der Waals surface area contributed by atoms with Gasteiger partial charge in [0, 0.05) is 31.3 Å². The number of ether oxygens (including phenoxy) is 1. The van der Waals surface area contributed by atoms with Crippen LogP contribution in [0.5, 0.6) is 0 Å². The Labute approximate surface area is 117 Å². The van der Waals surface area contributed by atoms with E-state index < -0.39 is 0 Å².